The molecule has 3 atom stereocenters. The number of halogens is 1. The second-order valence-corrected chi connectivity index (χ2v) is 8.63. The first-order chi connectivity index (χ1) is 13.2. The first kappa shape index (κ1) is 17.1. The Kier molecular flexibility index (Phi) is 4.35. The van der Waals surface area contributed by atoms with Crippen LogP contribution in [0.5, 0.6) is 0 Å². The van der Waals surface area contributed by atoms with Crippen LogP contribution >= 0.6 is 11.6 Å². The number of hydrogen-bond acceptors (Lipinski definition) is 3. The van der Waals surface area contributed by atoms with Crippen molar-refractivity contribution in [1.29, 1.82) is 0 Å². The van der Waals surface area contributed by atoms with Crippen molar-refractivity contribution in [3.8, 4) is 0 Å². The maximum Gasteiger partial charge on any atom is 0.317 e. The van der Waals surface area contributed by atoms with E-state index in [9.17, 15) is 4.79 Å². The van der Waals surface area contributed by atoms with Crippen molar-refractivity contribution in [3.05, 3.63) is 35.5 Å². The van der Waals surface area contributed by atoms with Gasteiger partial charge in [-0.05, 0) is 55.4 Å². The summed E-state index contributed by atoms with van der Waals surface area (Å²) in [6.07, 6.45) is 6.99. The van der Waals surface area contributed by atoms with Crippen LogP contribution in [0.25, 0.3) is 10.9 Å². The summed E-state index contributed by atoms with van der Waals surface area (Å²) in [5.74, 6) is 1.57. The molecule has 3 unspecified atom stereocenters. The van der Waals surface area contributed by atoms with Crippen LogP contribution in [0.3, 0.4) is 0 Å². The smallest absolute Gasteiger partial charge is 0.317 e. The maximum absolute atomic E-state index is 12.7. The molecule has 1 aliphatic heterocycles. The van der Waals surface area contributed by atoms with Gasteiger partial charge in [0.15, 0.2) is 0 Å². The quantitative estimate of drug-likeness (QED) is 0.854. The van der Waals surface area contributed by atoms with Crippen LogP contribution in [-0.2, 0) is 0 Å². The summed E-state index contributed by atoms with van der Waals surface area (Å²) < 4.78 is 0. The monoisotopic (exact) mass is 384 g/mol. The molecular weight excluding hydrogens is 360 g/mol. The summed E-state index contributed by atoms with van der Waals surface area (Å²) in [6.45, 7) is 3.19. The zero-order valence-electron chi connectivity index (χ0n) is 15.4. The number of hydrogen-bond donors (Lipinski definition) is 1. The number of nitrogens with one attached hydrogen (secondary N) is 1. The summed E-state index contributed by atoms with van der Waals surface area (Å²) >= 11 is 6.10. The summed E-state index contributed by atoms with van der Waals surface area (Å²) in [4.78, 5) is 21.4. The Morgan fingerprint density at radius 3 is 2.70 bits per heavy atom. The molecule has 6 heteroatoms. The minimum Gasteiger partial charge on any atom is -0.367 e. The zero-order chi connectivity index (χ0) is 18.4. The molecule has 1 aromatic carbocycles. The molecule has 0 spiro atoms. The van der Waals surface area contributed by atoms with Gasteiger partial charge in [-0.25, -0.2) is 4.79 Å². The van der Waals surface area contributed by atoms with Crippen LogP contribution in [0.4, 0.5) is 10.5 Å². The molecule has 5 nitrogen and oxygen atoms in total. The second-order valence-electron chi connectivity index (χ2n) is 8.20. The van der Waals surface area contributed by atoms with Crippen LogP contribution in [0.2, 0.25) is 5.02 Å². The van der Waals surface area contributed by atoms with E-state index in [0.717, 1.165) is 48.9 Å². The van der Waals surface area contributed by atoms with Gasteiger partial charge in [0, 0.05) is 54.5 Å². The molecule has 2 bridgehead atoms. The van der Waals surface area contributed by atoms with Gasteiger partial charge in [-0.15, -0.1) is 0 Å². The Bertz CT molecular complexity index is 864. The van der Waals surface area contributed by atoms with Crippen molar-refractivity contribution >= 4 is 34.2 Å². The second kappa shape index (κ2) is 6.86. The third-order valence-corrected chi connectivity index (χ3v) is 6.87. The highest BCUT2D eigenvalue weighted by Crippen LogP contribution is 2.44. The standard InChI is InChI=1S/C21H25ClN4O/c22-16-3-4-17-19(13-16)23-6-5-20(17)25-7-9-26(10-8-25)21(27)24-18-12-14-1-2-15(18)11-14/h3-6,13-15,18H,1-2,7-12H2,(H,24,27). The third-order valence-electron chi connectivity index (χ3n) is 6.64. The topological polar surface area (TPSA) is 48.5 Å². The Labute approximate surface area is 164 Å². The van der Waals surface area contributed by atoms with Gasteiger partial charge in [0.2, 0.25) is 0 Å². The lowest BCUT2D eigenvalue weighted by Crippen LogP contribution is -2.54. The van der Waals surface area contributed by atoms with Gasteiger partial charge in [0.25, 0.3) is 0 Å². The van der Waals surface area contributed by atoms with E-state index in [2.05, 4.69) is 21.3 Å². The fourth-order valence-electron chi connectivity index (χ4n) is 5.20. The van der Waals surface area contributed by atoms with Gasteiger partial charge in [-0.3, -0.25) is 4.98 Å². The average Bonchev–Trinajstić information content (AvgIpc) is 3.30. The minimum atomic E-state index is 0.124. The third kappa shape index (κ3) is 3.22. The Morgan fingerprint density at radius 2 is 1.96 bits per heavy atom. The molecule has 3 aliphatic rings. The molecular formula is C21H25ClN4O. The van der Waals surface area contributed by atoms with Gasteiger partial charge in [-0.2, -0.15) is 0 Å². The molecule has 2 aromatic rings. The number of carbonyl (C=O) groups is 1. The number of aromatic nitrogens is 1. The molecule has 1 N–H and O–H groups in total. The van der Waals surface area contributed by atoms with Gasteiger partial charge < -0.3 is 15.1 Å². The lowest BCUT2D eigenvalue weighted by molar-refractivity contribution is 0.185. The molecule has 2 saturated carbocycles. The van der Waals surface area contributed by atoms with Crippen LogP contribution in [0.15, 0.2) is 30.5 Å². The van der Waals surface area contributed by atoms with E-state index in [1.54, 1.807) is 0 Å². The van der Waals surface area contributed by atoms with Gasteiger partial charge in [0.1, 0.15) is 0 Å². The molecule has 1 saturated heterocycles. The fourth-order valence-corrected chi connectivity index (χ4v) is 5.37. The van der Waals surface area contributed by atoms with Crippen LogP contribution in [0.1, 0.15) is 25.7 Å². The molecule has 0 radical (unpaired) electrons. The number of rotatable bonds is 2. The number of piperazine rings is 1. The van der Waals surface area contributed by atoms with E-state index in [4.69, 9.17) is 11.6 Å². The molecule has 142 valence electrons. The predicted molar refractivity (Wildman–Crippen MR) is 108 cm³/mol. The number of nitrogens with zero attached hydrogens (tertiary/aromatic N) is 3. The number of urea groups is 1. The van der Waals surface area contributed by atoms with E-state index in [-0.39, 0.29) is 6.03 Å². The molecule has 3 fully saturated rings. The van der Waals surface area contributed by atoms with Gasteiger partial charge in [0.05, 0.1) is 5.52 Å². The molecule has 1 aromatic heterocycles. The summed E-state index contributed by atoms with van der Waals surface area (Å²) in [6, 6.07) is 8.44. The number of amides is 2. The fraction of sp³-hybridized carbons (Fsp3) is 0.524. The van der Waals surface area contributed by atoms with E-state index >= 15 is 0 Å². The molecule has 5 rings (SSSR count). The van der Waals surface area contributed by atoms with E-state index in [1.165, 1.54) is 31.4 Å². The van der Waals surface area contributed by atoms with Gasteiger partial charge >= 0.3 is 6.03 Å². The average molecular weight is 385 g/mol. The first-order valence-electron chi connectivity index (χ1n) is 10.0. The lowest BCUT2D eigenvalue weighted by Gasteiger charge is -2.37. The van der Waals surface area contributed by atoms with Crippen molar-refractivity contribution in [3.63, 3.8) is 0 Å². The zero-order valence-corrected chi connectivity index (χ0v) is 16.2. The van der Waals surface area contributed by atoms with Crippen molar-refractivity contribution in [2.75, 3.05) is 31.1 Å². The van der Waals surface area contributed by atoms with Crippen molar-refractivity contribution < 1.29 is 4.79 Å². The van der Waals surface area contributed by atoms with E-state index < -0.39 is 0 Å². The van der Waals surface area contributed by atoms with Crippen molar-refractivity contribution in [2.24, 2.45) is 11.8 Å². The number of pyridine rings is 1. The molecule has 2 heterocycles. The lowest BCUT2D eigenvalue weighted by atomic mass is 9.95. The number of fused-ring (bicyclic) bond motifs is 3. The summed E-state index contributed by atoms with van der Waals surface area (Å²) in [5.41, 5.74) is 2.08. The first-order valence-corrected chi connectivity index (χ1v) is 10.4. The number of anilines is 1. The molecule has 2 aliphatic carbocycles. The van der Waals surface area contributed by atoms with E-state index in [1.807, 2.05) is 29.3 Å². The number of carbonyl (C=O) groups excluding carboxylic acids is 1. The van der Waals surface area contributed by atoms with Crippen molar-refractivity contribution in [1.82, 2.24) is 15.2 Å². The highest BCUT2D eigenvalue weighted by atomic mass is 35.5. The van der Waals surface area contributed by atoms with Crippen LogP contribution < -0.4 is 10.2 Å². The Hall–Kier alpha value is -2.01. The van der Waals surface area contributed by atoms with Crippen LogP contribution in [-0.4, -0.2) is 48.1 Å². The highest BCUT2D eigenvalue weighted by Gasteiger charge is 2.40. The minimum absolute atomic E-state index is 0.124. The highest BCUT2D eigenvalue weighted by molar-refractivity contribution is 6.31. The predicted octanol–water partition coefficient (Wildman–Crippen LogP) is 3.91. The maximum atomic E-state index is 12.7. The summed E-state index contributed by atoms with van der Waals surface area (Å²) in [7, 11) is 0. The Balaban J connectivity index is 1.23. The van der Waals surface area contributed by atoms with Crippen LogP contribution in [0, 0.1) is 11.8 Å². The van der Waals surface area contributed by atoms with Gasteiger partial charge in [-0.1, -0.05) is 18.0 Å². The SMILES string of the molecule is O=C(NC1CC2CCC1C2)N1CCN(c2ccnc3cc(Cl)ccc23)CC1. The molecule has 2 amide bonds. The van der Waals surface area contributed by atoms with Crippen molar-refractivity contribution in [2.45, 2.75) is 31.7 Å². The normalized spacial score (nSPS) is 27.4. The number of benzene rings is 1. The largest absolute Gasteiger partial charge is 0.367 e. The Morgan fingerprint density at radius 1 is 1.11 bits per heavy atom. The molecule has 27 heavy (non-hydrogen) atoms. The van der Waals surface area contributed by atoms with E-state index in [0.29, 0.717) is 11.1 Å². The summed E-state index contributed by atoms with van der Waals surface area (Å²) in [5, 5.41) is 5.13.